The summed E-state index contributed by atoms with van der Waals surface area (Å²) in [5, 5.41) is 6.17. The molecular weight excluding hydrogens is 464 g/mol. The maximum atomic E-state index is 14.5. The van der Waals surface area contributed by atoms with Gasteiger partial charge in [-0.05, 0) is 50.7 Å². The van der Waals surface area contributed by atoms with E-state index in [1.807, 2.05) is 4.57 Å². The number of anilines is 3. The first-order chi connectivity index (χ1) is 16.4. The molecule has 8 nitrogen and oxygen atoms in total. The zero-order valence-electron chi connectivity index (χ0n) is 18.5. The second-order valence-electron chi connectivity index (χ2n) is 9.11. The van der Waals surface area contributed by atoms with Gasteiger partial charge < -0.3 is 16.4 Å². The van der Waals surface area contributed by atoms with E-state index in [1.54, 1.807) is 6.20 Å². The quantitative estimate of drug-likeness (QED) is 0.445. The van der Waals surface area contributed by atoms with E-state index in [2.05, 4.69) is 20.6 Å². The number of halogens is 3. The van der Waals surface area contributed by atoms with Crippen molar-refractivity contribution in [2.24, 2.45) is 11.7 Å². The number of hydrogen-bond acceptors (Lipinski definition) is 6. The van der Waals surface area contributed by atoms with Gasteiger partial charge in [0.2, 0.25) is 17.8 Å². The summed E-state index contributed by atoms with van der Waals surface area (Å²) < 4.78 is 31.0. The highest BCUT2D eigenvalue weighted by molar-refractivity contribution is 6.30. The summed E-state index contributed by atoms with van der Waals surface area (Å²) in [5.41, 5.74) is 6.23. The van der Waals surface area contributed by atoms with Crippen molar-refractivity contribution < 1.29 is 13.6 Å². The van der Waals surface area contributed by atoms with Gasteiger partial charge in [-0.3, -0.25) is 9.36 Å². The molecule has 2 heterocycles. The van der Waals surface area contributed by atoms with Gasteiger partial charge in [0.1, 0.15) is 11.2 Å². The van der Waals surface area contributed by atoms with Crippen molar-refractivity contribution in [2.45, 2.75) is 63.5 Å². The predicted molar refractivity (Wildman–Crippen MR) is 126 cm³/mol. The molecule has 0 bridgehead atoms. The van der Waals surface area contributed by atoms with Gasteiger partial charge in [0.05, 0.1) is 6.20 Å². The Bertz CT molecular complexity index is 1200. The predicted octanol–water partition coefficient (Wildman–Crippen LogP) is 5.07. The van der Waals surface area contributed by atoms with Crippen LogP contribution in [0.15, 0.2) is 18.3 Å². The molecule has 0 saturated heterocycles. The Morgan fingerprint density at radius 3 is 2.38 bits per heavy atom. The van der Waals surface area contributed by atoms with Crippen molar-refractivity contribution in [2.75, 3.05) is 10.6 Å². The van der Waals surface area contributed by atoms with Crippen LogP contribution in [0.25, 0.3) is 11.2 Å². The molecule has 2 aromatic heterocycles. The number of imidazole rings is 1. The molecule has 1 aromatic carbocycles. The molecule has 0 atom stereocenters. The average molecular weight is 490 g/mol. The van der Waals surface area contributed by atoms with Crippen molar-refractivity contribution in [1.82, 2.24) is 19.5 Å². The second kappa shape index (κ2) is 9.32. The fraction of sp³-hybridized carbons (Fsp3) is 0.478. The van der Waals surface area contributed by atoms with E-state index < -0.39 is 11.6 Å². The highest BCUT2D eigenvalue weighted by Crippen LogP contribution is 2.38. The van der Waals surface area contributed by atoms with Gasteiger partial charge in [0, 0.05) is 23.0 Å². The number of fused-ring (bicyclic) bond motifs is 1. The molecule has 2 saturated carbocycles. The third-order valence-corrected chi connectivity index (χ3v) is 7.05. The van der Waals surface area contributed by atoms with E-state index >= 15 is 0 Å². The minimum atomic E-state index is -0.823. The Morgan fingerprint density at radius 1 is 1.06 bits per heavy atom. The van der Waals surface area contributed by atoms with E-state index in [4.69, 9.17) is 22.3 Å². The monoisotopic (exact) mass is 489 g/mol. The number of amides is 1. The van der Waals surface area contributed by atoms with Crippen LogP contribution in [0.1, 0.15) is 57.4 Å². The Labute approximate surface area is 200 Å². The highest BCUT2D eigenvalue weighted by Gasteiger charge is 2.30. The van der Waals surface area contributed by atoms with Crippen LogP contribution in [0.2, 0.25) is 5.02 Å². The molecule has 0 unspecified atom stereocenters. The van der Waals surface area contributed by atoms with Gasteiger partial charge >= 0.3 is 0 Å². The molecule has 180 valence electrons. The van der Waals surface area contributed by atoms with Crippen LogP contribution in [0.5, 0.6) is 0 Å². The molecule has 4 N–H and O–H groups in total. The maximum Gasteiger partial charge on any atom is 0.224 e. The van der Waals surface area contributed by atoms with E-state index in [1.165, 1.54) is 12.8 Å². The summed E-state index contributed by atoms with van der Waals surface area (Å²) >= 11 is 5.78. The number of hydrogen-bond donors (Lipinski definition) is 3. The molecule has 11 heteroatoms. The van der Waals surface area contributed by atoms with Crippen molar-refractivity contribution in [1.29, 1.82) is 0 Å². The zero-order valence-corrected chi connectivity index (χ0v) is 19.3. The largest absolute Gasteiger partial charge is 0.369 e. The molecule has 0 spiro atoms. The number of aromatic nitrogens is 4. The standard InChI is InChI=1S/C23H26ClF2N7O/c24-13-9-16(25)19(17(26)10-13)31-23-30-18-11-28-22(29-14-3-1-2-4-14)32-21(18)33(23)15-7-5-12(6-8-15)20(27)34/h9-12,14-15H,1-8H2,(H2,27,34)(H,30,31)(H,28,29,32)/t12-,15+. The smallest absolute Gasteiger partial charge is 0.224 e. The van der Waals surface area contributed by atoms with Crippen LogP contribution >= 0.6 is 11.6 Å². The number of nitrogens with one attached hydrogen (secondary N) is 2. The first-order valence-corrected chi connectivity index (χ1v) is 12.0. The van der Waals surface area contributed by atoms with E-state index in [0.717, 1.165) is 25.0 Å². The summed E-state index contributed by atoms with van der Waals surface area (Å²) in [6.45, 7) is 0. The van der Waals surface area contributed by atoms with Gasteiger partial charge in [-0.25, -0.2) is 18.7 Å². The van der Waals surface area contributed by atoms with E-state index in [9.17, 15) is 13.6 Å². The van der Waals surface area contributed by atoms with Crippen LogP contribution in [-0.2, 0) is 4.79 Å². The topological polar surface area (TPSA) is 111 Å². The lowest BCUT2D eigenvalue weighted by atomic mass is 9.85. The van der Waals surface area contributed by atoms with Gasteiger partial charge in [-0.1, -0.05) is 24.4 Å². The lowest BCUT2D eigenvalue weighted by Crippen LogP contribution is -2.29. The third-order valence-electron chi connectivity index (χ3n) is 6.83. The van der Waals surface area contributed by atoms with Crippen LogP contribution in [0.4, 0.5) is 26.4 Å². The Balaban J connectivity index is 1.54. The molecule has 5 rings (SSSR count). The first-order valence-electron chi connectivity index (χ1n) is 11.6. The van der Waals surface area contributed by atoms with E-state index in [0.29, 0.717) is 48.8 Å². The molecule has 2 aliphatic rings. The summed E-state index contributed by atoms with van der Waals surface area (Å²) in [6, 6.07) is 2.34. The number of nitrogens with two attached hydrogens (primary N) is 1. The fourth-order valence-corrected chi connectivity index (χ4v) is 5.23. The third kappa shape index (κ3) is 4.51. The number of primary amides is 1. The minimum Gasteiger partial charge on any atom is -0.369 e. The molecule has 2 fully saturated rings. The average Bonchev–Trinajstić information content (AvgIpc) is 3.43. The summed E-state index contributed by atoms with van der Waals surface area (Å²) in [6.07, 6.45) is 8.68. The Kier molecular flexibility index (Phi) is 6.24. The molecular formula is C23H26ClF2N7O. The summed E-state index contributed by atoms with van der Waals surface area (Å²) in [7, 11) is 0. The van der Waals surface area contributed by atoms with E-state index in [-0.39, 0.29) is 34.5 Å². The van der Waals surface area contributed by atoms with Crippen LogP contribution in [-0.4, -0.2) is 31.5 Å². The van der Waals surface area contributed by atoms with Gasteiger partial charge in [0.25, 0.3) is 0 Å². The molecule has 0 aliphatic heterocycles. The maximum absolute atomic E-state index is 14.5. The zero-order chi connectivity index (χ0) is 23.8. The number of nitrogens with zero attached hydrogens (tertiary/aromatic N) is 4. The SMILES string of the molecule is NC(=O)[C@H]1CC[C@@H](n2c(Nc3c(F)cc(Cl)cc3F)nc3cnc(NC4CCCC4)nc32)CC1. The fourth-order valence-electron chi connectivity index (χ4n) is 5.04. The normalized spacial score (nSPS) is 21.1. The Hall–Kier alpha value is -3.01. The number of carbonyl (C=O) groups is 1. The van der Waals surface area contributed by atoms with Crippen molar-refractivity contribution in [3.8, 4) is 0 Å². The van der Waals surface area contributed by atoms with Crippen LogP contribution in [0, 0.1) is 17.6 Å². The number of rotatable bonds is 6. The van der Waals surface area contributed by atoms with Crippen molar-refractivity contribution in [3.05, 3.63) is 35.0 Å². The molecule has 2 aliphatic carbocycles. The lowest BCUT2D eigenvalue weighted by Gasteiger charge is -2.29. The second-order valence-corrected chi connectivity index (χ2v) is 9.55. The van der Waals surface area contributed by atoms with Crippen molar-refractivity contribution >= 4 is 46.3 Å². The molecule has 3 aromatic rings. The van der Waals surface area contributed by atoms with Crippen LogP contribution < -0.4 is 16.4 Å². The van der Waals surface area contributed by atoms with Crippen LogP contribution in [0.3, 0.4) is 0 Å². The van der Waals surface area contributed by atoms with Gasteiger partial charge in [-0.2, -0.15) is 4.98 Å². The summed E-state index contributed by atoms with van der Waals surface area (Å²) in [4.78, 5) is 25.3. The van der Waals surface area contributed by atoms with Crippen molar-refractivity contribution in [3.63, 3.8) is 0 Å². The highest BCUT2D eigenvalue weighted by atomic mass is 35.5. The molecule has 34 heavy (non-hydrogen) atoms. The molecule has 1 amide bonds. The minimum absolute atomic E-state index is 0.0349. The van der Waals surface area contributed by atoms with Gasteiger partial charge in [0.15, 0.2) is 17.3 Å². The number of carbonyl (C=O) groups excluding carboxylic acids is 1. The van der Waals surface area contributed by atoms with Gasteiger partial charge in [-0.15, -0.1) is 0 Å². The number of benzene rings is 1. The molecule has 0 radical (unpaired) electrons. The lowest BCUT2D eigenvalue weighted by molar-refractivity contribution is -0.122. The Morgan fingerprint density at radius 2 is 1.74 bits per heavy atom. The summed E-state index contributed by atoms with van der Waals surface area (Å²) in [5.74, 6) is -1.37. The first kappa shape index (κ1) is 22.8.